The molecule has 6 nitrogen and oxygen atoms in total. The molecular formula is C37H40N2O4S. The molecule has 0 aliphatic carbocycles. The minimum Gasteiger partial charge on any atom is -0.375 e. The van der Waals surface area contributed by atoms with E-state index in [9.17, 15) is 0 Å². The summed E-state index contributed by atoms with van der Waals surface area (Å²) in [7, 11) is 0. The number of aliphatic imine (C=N–C) groups is 1. The average Bonchev–Trinajstić information content (AvgIpc) is 3.08. The van der Waals surface area contributed by atoms with Crippen molar-refractivity contribution in [2.45, 2.75) is 50.8 Å². The first-order valence-corrected chi connectivity index (χ1v) is 15.6. The van der Waals surface area contributed by atoms with Crippen LogP contribution in [0, 0.1) is 0 Å². The molecule has 0 unspecified atom stereocenters. The van der Waals surface area contributed by atoms with E-state index in [1.807, 2.05) is 72.8 Å². The fraction of sp³-hybridized carbons (Fsp3) is 0.324. The molecule has 0 amide bonds. The quantitative estimate of drug-likeness (QED) is 0.104. The van der Waals surface area contributed by atoms with Gasteiger partial charge in [-0.05, 0) is 34.5 Å². The second kappa shape index (κ2) is 17.7. The van der Waals surface area contributed by atoms with E-state index < -0.39 is 0 Å². The standard InChI is InChI=1S/C37H40N2O4S/c44-29-38-21-22-39-23-35(41-25-31-15-7-2-8-16-31)37(43-27-33-19-11-4-12-20-33)36(42-26-32-17-9-3-10-18-32)34(39)28-40-24-30-13-5-1-6-14-30/h1-20,34-37H,21-28H2/t34-,35+,36-,37-/m1/s1. The summed E-state index contributed by atoms with van der Waals surface area (Å²) in [5.41, 5.74) is 4.44. The average molecular weight is 609 g/mol. The van der Waals surface area contributed by atoms with E-state index in [1.54, 1.807) is 0 Å². The zero-order valence-electron chi connectivity index (χ0n) is 24.9. The molecule has 0 radical (unpaired) electrons. The van der Waals surface area contributed by atoms with Crippen molar-refractivity contribution in [3.8, 4) is 0 Å². The lowest BCUT2D eigenvalue weighted by Crippen LogP contribution is -2.65. The number of likely N-dealkylation sites (tertiary alicyclic amines) is 1. The molecule has 0 saturated carbocycles. The van der Waals surface area contributed by atoms with Gasteiger partial charge in [0.25, 0.3) is 0 Å². The van der Waals surface area contributed by atoms with Gasteiger partial charge >= 0.3 is 0 Å². The fourth-order valence-electron chi connectivity index (χ4n) is 5.53. The summed E-state index contributed by atoms with van der Waals surface area (Å²) in [5.74, 6) is 0. The van der Waals surface area contributed by atoms with Crippen molar-refractivity contribution in [1.29, 1.82) is 0 Å². The number of nitrogens with zero attached hydrogens (tertiary/aromatic N) is 2. The highest BCUT2D eigenvalue weighted by atomic mass is 32.1. The summed E-state index contributed by atoms with van der Waals surface area (Å²) in [6.45, 7) is 4.20. The summed E-state index contributed by atoms with van der Waals surface area (Å²) in [6.07, 6.45) is -0.916. The molecule has 4 atom stereocenters. The van der Waals surface area contributed by atoms with Gasteiger partial charge in [-0.1, -0.05) is 121 Å². The molecular weight excluding hydrogens is 568 g/mol. The van der Waals surface area contributed by atoms with Gasteiger partial charge < -0.3 is 18.9 Å². The normalized spacial score (nSPS) is 20.2. The largest absolute Gasteiger partial charge is 0.375 e. The van der Waals surface area contributed by atoms with E-state index in [-0.39, 0.29) is 24.4 Å². The van der Waals surface area contributed by atoms with Crippen LogP contribution in [0.3, 0.4) is 0 Å². The maximum absolute atomic E-state index is 6.81. The Kier molecular flexibility index (Phi) is 12.8. The number of hydrogen-bond donors (Lipinski definition) is 0. The van der Waals surface area contributed by atoms with Crippen LogP contribution in [0.5, 0.6) is 0 Å². The number of benzene rings is 4. The minimum atomic E-state index is -0.335. The van der Waals surface area contributed by atoms with Crippen LogP contribution in [0.25, 0.3) is 0 Å². The van der Waals surface area contributed by atoms with Crippen molar-refractivity contribution in [3.05, 3.63) is 144 Å². The number of thiocarbonyl (C=S) groups is 1. The second-order valence-corrected chi connectivity index (χ2v) is 11.1. The molecule has 1 saturated heterocycles. The molecule has 4 aromatic rings. The smallest absolute Gasteiger partial charge is 0.113 e. The van der Waals surface area contributed by atoms with Gasteiger partial charge in [0, 0.05) is 13.1 Å². The molecule has 7 heteroatoms. The van der Waals surface area contributed by atoms with Crippen molar-refractivity contribution >= 4 is 17.4 Å². The van der Waals surface area contributed by atoms with E-state index in [4.69, 9.17) is 31.2 Å². The lowest BCUT2D eigenvalue weighted by molar-refractivity contribution is -0.210. The third-order valence-electron chi connectivity index (χ3n) is 7.79. The van der Waals surface area contributed by atoms with Gasteiger partial charge in [-0.15, -0.1) is 0 Å². The van der Waals surface area contributed by atoms with Gasteiger partial charge in [0.2, 0.25) is 0 Å². The highest BCUT2D eigenvalue weighted by Gasteiger charge is 2.46. The molecule has 0 N–H and O–H groups in total. The molecule has 44 heavy (non-hydrogen) atoms. The molecule has 228 valence electrons. The zero-order valence-corrected chi connectivity index (χ0v) is 25.8. The van der Waals surface area contributed by atoms with Crippen LogP contribution in [-0.2, 0) is 45.4 Å². The zero-order chi connectivity index (χ0) is 30.2. The predicted molar refractivity (Wildman–Crippen MR) is 176 cm³/mol. The van der Waals surface area contributed by atoms with Gasteiger partial charge in [-0.3, -0.25) is 4.90 Å². The molecule has 1 fully saturated rings. The van der Waals surface area contributed by atoms with Gasteiger partial charge in [0.05, 0.1) is 56.9 Å². The minimum absolute atomic E-state index is 0.0971. The number of rotatable bonds is 16. The van der Waals surface area contributed by atoms with Gasteiger partial charge in [0.1, 0.15) is 12.2 Å². The first kappa shape index (κ1) is 31.9. The number of ether oxygens (including phenoxy) is 4. The van der Waals surface area contributed by atoms with E-state index in [0.29, 0.717) is 52.7 Å². The van der Waals surface area contributed by atoms with Gasteiger partial charge in [-0.25, -0.2) is 4.99 Å². The Morgan fingerprint density at radius 3 is 1.57 bits per heavy atom. The Balaban J connectivity index is 1.42. The van der Waals surface area contributed by atoms with Crippen molar-refractivity contribution in [3.63, 3.8) is 0 Å². The molecule has 1 aliphatic rings. The number of isothiocyanates is 1. The highest BCUT2D eigenvalue weighted by molar-refractivity contribution is 7.78. The second-order valence-electron chi connectivity index (χ2n) is 10.9. The van der Waals surface area contributed by atoms with E-state index in [0.717, 1.165) is 22.3 Å². The van der Waals surface area contributed by atoms with Crippen LogP contribution in [0.15, 0.2) is 126 Å². The molecule has 4 aromatic carbocycles. The SMILES string of the molecule is S=C=NCCN1C[C@H](OCc2ccccc2)[C@@H](OCc2ccccc2)[C@H](OCc2ccccc2)[C@H]1COCc1ccccc1. The summed E-state index contributed by atoms with van der Waals surface area (Å²) < 4.78 is 26.6. The van der Waals surface area contributed by atoms with E-state index in [1.165, 1.54) is 0 Å². The number of piperidine rings is 1. The molecule has 0 bridgehead atoms. The van der Waals surface area contributed by atoms with Crippen LogP contribution in [0.4, 0.5) is 0 Å². The van der Waals surface area contributed by atoms with Crippen LogP contribution >= 0.6 is 12.2 Å². The first-order valence-electron chi connectivity index (χ1n) is 15.2. The molecule has 5 rings (SSSR count). The molecule has 1 aliphatic heterocycles. The molecule has 0 spiro atoms. The fourth-order valence-corrected chi connectivity index (χ4v) is 5.62. The summed E-state index contributed by atoms with van der Waals surface area (Å²) in [4.78, 5) is 6.59. The Morgan fingerprint density at radius 1 is 0.614 bits per heavy atom. The monoisotopic (exact) mass is 608 g/mol. The first-order chi connectivity index (χ1) is 21.8. The van der Waals surface area contributed by atoms with E-state index >= 15 is 0 Å². The summed E-state index contributed by atoms with van der Waals surface area (Å²) >= 11 is 4.88. The van der Waals surface area contributed by atoms with Crippen molar-refractivity contribution in [2.75, 3.05) is 26.2 Å². The van der Waals surface area contributed by atoms with Crippen LogP contribution in [0.1, 0.15) is 22.3 Å². The predicted octanol–water partition coefficient (Wildman–Crippen LogP) is 6.75. The van der Waals surface area contributed by atoms with Crippen LogP contribution in [-0.4, -0.2) is 60.7 Å². The third kappa shape index (κ3) is 9.74. The summed E-state index contributed by atoms with van der Waals surface area (Å²) in [6, 6.07) is 40.9. The summed E-state index contributed by atoms with van der Waals surface area (Å²) in [5, 5.41) is 2.51. The maximum atomic E-state index is 6.81. The lowest BCUT2D eigenvalue weighted by Gasteiger charge is -2.48. The topological polar surface area (TPSA) is 52.5 Å². The Morgan fingerprint density at radius 2 is 1.07 bits per heavy atom. The third-order valence-corrected chi connectivity index (χ3v) is 7.92. The van der Waals surface area contributed by atoms with Gasteiger partial charge in [-0.2, -0.15) is 0 Å². The van der Waals surface area contributed by atoms with Crippen molar-refractivity contribution in [1.82, 2.24) is 4.90 Å². The van der Waals surface area contributed by atoms with Crippen molar-refractivity contribution < 1.29 is 18.9 Å². The molecule has 0 aromatic heterocycles. The van der Waals surface area contributed by atoms with Crippen LogP contribution < -0.4 is 0 Å². The lowest BCUT2D eigenvalue weighted by atomic mass is 9.93. The van der Waals surface area contributed by atoms with E-state index in [2.05, 4.69) is 63.6 Å². The van der Waals surface area contributed by atoms with Gasteiger partial charge in [0.15, 0.2) is 0 Å². The Hall–Kier alpha value is -3.52. The molecule has 1 heterocycles. The van der Waals surface area contributed by atoms with Crippen molar-refractivity contribution in [2.24, 2.45) is 4.99 Å². The Labute approximate surface area is 266 Å². The maximum Gasteiger partial charge on any atom is 0.113 e. The number of hydrogen-bond acceptors (Lipinski definition) is 7. The van der Waals surface area contributed by atoms with Crippen LogP contribution in [0.2, 0.25) is 0 Å². The highest BCUT2D eigenvalue weighted by Crippen LogP contribution is 2.29. The Bertz CT molecular complexity index is 1400.